The van der Waals surface area contributed by atoms with Crippen LogP contribution in [-0.2, 0) is 16.1 Å². The van der Waals surface area contributed by atoms with E-state index < -0.39 is 12.0 Å². The molecule has 0 bridgehead atoms. The van der Waals surface area contributed by atoms with Gasteiger partial charge in [0.2, 0.25) is 5.91 Å². The quantitative estimate of drug-likeness (QED) is 0.781. The molecule has 92 valence electrons. The minimum Gasteiger partial charge on any atom is -0.480 e. The number of aliphatic carboxylic acids is 1. The van der Waals surface area contributed by atoms with E-state index in [1.165, 1.54) is 17.6 Å². The molecule has 2 heterocycles. The predicted octanol–water partition coefficient (Wildman–Crippen LogP) is -0.256. The average molecular weight is 238 g/mol. The first kappa shape index (κ1) is 11.6. The number of rotatable bonds is 4. The molecule has 0 aliphatic carbocycles. The number of hydrogen-bond donors (Lipinski definition) is 1. The second-order valence-electron chi connectivity index (χ2n) is 3.99. The molecule has 1 saturated heterocycles. The fourth-order valence-electron chi connectivity index (χ4n) is 2.02. The van der Waals surface area contributed by atoms with Gasteiger partial charge < -0.3 is 10.0 Å². The number of likely N-dealkylation sites (tertiary alicyclic amines) is 1. The number of carboxylic acid groups (broad SMARTS) is 1. The fourth-order valence-corrected chi connectivity index (χ4v) is 2.02. The molecule has 0 saturated carbocycles. The smallest absolute Gasteiger partial charge is 0.326 e. The molecule has 1 N–H and O–H groups in total. The monoisotopic (exact) mass is 238 g/mol. The van der Waals surface area contributed by atoms with Gasteiger partial charge in [-0.25, -0.2) is 9.78 Å². The Hall–Kier alpha value is -1.92. The van der Waals surface area contributed by atoms with Gasteiger partial charge in [0.25, 0.3) is 0 Å². The van der Waals surface area contributed by atoms with Crippen LogP contribution in [-0.4, -0.2) is 49.2 Å². The van der Waals surface area contributed by atoms with Gasteiger partial charge >= 0.3 is 5.97 Å². The van der Waals surface area contributed by atoms with Crippen molar-refractivity contribution in [1.29, 1.82) is 0 Å². The lowest BCUT2D eigenvalue weighted by molar-refractivity contribution is -0.148. The molecule has 2 rings (SSSR count). The molecule has 0 aromatic carbocycles. The number of carboxylic acids is 1. The van der Waals surface area contributed by atoms with E-state index in [1.807, 2.05) is 0 Å². The third-order valence-corrected chi connectivity index (χ3v) is 2.88. The summed E-state index contributed by atoms with van der Waals surface area (Å²) in [7, 11) is 0. The number of carbonyl (C=O) groups excluding carboxylic acids is 1. The molecule has 0 spiro atoms. The maximum Gasteiger partial charge on any atom is 0.326 e. The van der Waals surface area contributed by atoms with Crippen molar-refractivity contribution in [3.8, 4) is 0 Å². The van der Waals surface area contributed by atoms with Crippen LogP contribution in [0.2, 0.25) is 0 Å². The lowest BCUT2D eigenvalue weighted by Gasteiger charge is -2.21. The topological polar surface area (TPSA) is 88.3 Å². The van der Waals surface area contributed by atoms with Crippen molar-refractivity contribution < 1.29 is 14.7 Å². The minimum atomic E-state index is -0.920. The van der Waals surface area contributed by atoms with E-state index in [1.54, 1.807) is 4.68 Å². The normalized spacial score (nSPS) is 19.5. The summed E-state index contributed by atoms with van der Waals surface area (Å²) in [6, 6.07) is -0.654. The Morgan fingerprint density at radius 1 is 1.47 bits per heavy atom. The van der Waals surface area contributed by atoms with Gasteiger partial charge in [0, 0.05) is 13.0 Å². The van der Waals surface area contributed by atoms with Gasteiger partial charge in [0.05, 0.1) is 6.54 Å². The number of aromatic nitrogens is 3. The third-order valence-electron chi connectivity index (χ3n) is 2.88. The highest BCUT2D eigenvalue weighted by Gasteiger charge is 2.33. The van der Waals surface area contributed by atoms with E-state index >= 15 is 0 Å². The van der Waals surface area contributed by atoms with E-state index in [4.69, 9.17) is 5.11 Å². The largest absolute Gasteiger partial charge is 0.480 e. The van der Waals surface area contributed by atoms with Crippen molar-refractivity contribution in [3.05, 3.63) is 12.7 Å². The van der Waals surface area contributed by atoms with Crippen molar-refractivity contribution in [2.24, 2.45) is 0 Å². The van der Waals surface area contributed by atoms with E-state index in [-0.39, 0.29) is 12.3 Å². The van der Waals surface area contributed by atoms with Gasteiger partial charge in [-0.3, -0.25) is 9.48 Å². The molecule has 1 aromatic heterocycles. The molecule has 1 aliphatic rings. The van der Waals surface area contributed by atoms with E-state index in [9.17, 15) is 9.59 Å². The first-order chi connectivity index (χ1) is 8.18. The molecule has 1 aliphatic heterocycles. The summed E-state index contributed by atoms with van der Waals surface area (Å²) in [5.41, 5.74) is 0. The summed E-state index contributed by atoms with van der Waals surface area (Å²) in [5.74, 6) is -1.05. The van der Waals surface area contributed by atoms with Gasteiger partial charge in [-0.15, -0.1) is 0 Å². The summed E-state index contributed by atoms with van der Waals surface area (Å²) in [6.07, 6.45) is 4.50. The maximum atomic E-state index is 11.9. The van der Waals surface area contributed by atoms with Crippen LogP contribution < -0.4 is 0 Å². The second kappa shape index (κ2) is 4.94. The summed E-state index contributed by atoms with van der Waals surface area (Å²) in [5, 5.41) is 12.9. The minimum absolute atomic E-state index is 0.134. The predicted molar refractivity (Wildman–Crippen MR) is 57.0 cm³/mol. The zero-order chi connectivity index (χ0) is 12.3. The Bertz CT molecular complexity index is 404. The first-order valence-corrected chi connectivity index (χ1v) is 5.53. The highest BCUT2D eigenvalue weighted by molar-refractivity contribution is 5.84. The fraction of sp³-hybridized carbons (Fsp3) is 0.600. The van der Waals surface area contributed by atoms with Crippen molar-refractivity contribution >= 4 is 11.9 Å². The zero-order valence-electron chi connectivity index (χ0n) is 9.32. The first-order valence-electron chi connectivity index (χ1n) is 5.53. The van der Waals surface area contributed by atoms with Gasteiger partial charge in [-0.05, 0) is 12.8 Å². The van der Waals surface area contributed by atoms with Crippen LogP contribution in [0, 0.1) is 0 Å². The SMILES string of the molecule is O=C(O)[C@@H]1CCCN1C(=O)CCn1cncn1. The number of amides is 1. The second-order valence-corrected chi connectivity index (χ2v) is 3.99. The highest BCUT2D eigenvalue weighted by Crippen LogP contribution is 2.18. The summed E-state index contributed by atoms with van der Waals surface area (Å²) < 4.78 is 1.56. The van der Waals surface area contributed by atoms with Crippen molar-refractivity contribution in [2.75, 3.05) is 6.54 Å². The van der Waals surface area contributed by atoms with Crippen LogP contribution >= 0.6 is 0 Å². The Balaban J connectivity index is 1.89. The van der Waals surface area contributed by atoms with E-state index in [0.717, 1.165) is 6.42 Å². The molecule has 7 nitrogen and oxygen atoms in total. The molecule has 1 amide bonds. The molecule has 1 aromatic rings. The summed E-state index contributed by atoms with van der Waals surface area (Å²) in [6.45, 7) is 0.967. The van der Waals surface area contributed by atoms with Crippen molar-refractivity contribution in [1.82, 2.24) is 19.7 Å². The van der Waals surface area contributed by atoms with Gasteiger partial charge in [0.1, 0.15) is 18.7 Å². The lowest BCUT2D eigenvalue weighted by Crippen LogP contribution is -2.40. The molecule has 0 unspecified atom stereocenters. The van der Waals surface area contributed by atoms with Crippen LogP contribution in [0.15, 0.2) is 12.7 Å². The maximum absolute atomic E-state index is 11.9. The van der Waals surface area contributed by atoms with E-state index in [0.29, 0.717) is 19.5 Å². The highest BCUT2D eigenvalue weighted by atomic mass is 16.4. The van der Waals surface area contributed by atoms with Crippen molar-refractivity contribution in [3.63, 3.8) is 0 Å². The number of aryl methyl sites for hydroxylation is 1. The van der Waals surface area contributed by atoms with Crippen molar-refractivity contribution in [2.45, 2.75) is 31.8 Å². The van der Waals surface area contributed by atoms with Gasteiger partial charge in [0.15, 0.2) is 0 Å². The summed E-state index contributed by atoms with van der Waals surface area (Å²) >= 11 is 0. The summed E-state index contributed by atoms with van der Waals surface area (Å²) in [4.78, 5) is 28.0. The van der Waals surface area contributed by atoms with Crippen LogP contribution in [0.3, 0.4) is 0 Å². The molecule has 0 radical (unpaired) electrons. The number of hydrogen-bond acceptors (Lipinski definition) is 4. The van der Waals surface area contributed by atoms with Crippen LogP contribution in [0.1, 0.15) is 19.3 Å². The lowest BCUT2D eigenvalue weighted by atomic mass is 10.2. The molecular weight excluding hydrogens is 224 g/mol. The number of nitrogens with zero attached hydrogens (tertiary/aromatic N) is 4. The molecule has 7 heteroatoms. The van der Waals surface area contributed by atoms with E-state index in [2.05, 4.69) is 10.1 Å². The standard InChI is InChI=1S/C10H14N4O3/c15-9(3-5-13-7-11-6-12-13)14-4-1-2-8(14)10(16)17/h6-8H,1-5H2,(H,16,17)/t8-/m0/s1. The Morgan fingerprint density at radius 3 is 2.94 bits per heavy atom. The average Bonchev–Trinajstić information content (AvgIpc) is 2.96. The van der Waals surface area contributed by atoms with Gasteiger partial charge in [-0.2, -0.15) is 5.10 Å². The van der Waals surface area contributed by atoms with Crippen LogP contribution in [0.5, 0.6) is 0 Å². The Labute approximate surface area is 98.0 Å². The Morgan fingerprint density at radius 2 is 2.29 bits per heavy atom. The molecule has 1 fully saturated rings. The third kappa shape index (κ3) is 2.61. The van der Waals surface area contributed by atoms with Crippen LogP contribution in [0.4, 0.5) is 0 Å². The Kier molecular flexibility index (Phi) is 3.36. The van der Waals surface area contributed by atoms with Crippen LogP contribution in [0.25, 0.3) is 0 Å². The molecule has 17 heavy (non-hydrogen) atoms. The molecule has 1 atom stereocenters. The number of carbonyl (C=O) groups is 2. The molecular formula is C10H14N4O3. The zero-order valence-corrected chi connectivity index (χ0v) is 9.32. The van der Waals surface area contributed by atoms with Gasteiger partial charge in [-0.1, -0.05) is 0 Å².